The second-order valence-corrected chi connectivity index (χ2v) is 5.56. The highest BCUT2D eigenvalue weighted by Crippen LogP contribution is 2.18. The predicted molar refractivity (Wildman–Crippen MR) is 81.2 cm³/mol. The van der Waals surface area contributed by atoms with Gasteiger partial charge in [-0.05, 0) is 31.5 Å². The van der Waals surface area contributed by atoms with Crippen molar-refractivity contribution in [2.45, 2.75) is 25.8 Å². The second kappa shape index (κ2) is 7.41. The van der Waals surface area contributed by atoms with Crippen LogP contribution >= 0.6 is 0 Å². The predicted octanol–water partition coefficient (Wildman–Crippen LogP) is 1.53. The van der Waals surface area contributed by atoms with E-state index in [-0.39, 0.29) is 17.9 Å². The van der Waals surface area contributed by atoms with Crippen molar-refractivity contribution in [3.8, 4) is 0 Å². The van der Waals surface area contributed by atoms with Crippen LogP contribution < -0.4 is 11.1 Å². The molecule has 4 nitrogen and oxygen atoms in total. The molecule has 0 saturated carbocycles. The topological polar surface area (TPSA) is 58.4 Å². The van der Waals surface area contributed by atoms with Gasteiger partial charge in [-0.3, -0.25) is 4.79 Å². The molecule has 1 aromatic rings. The Hall–Kier alpha value is -1.39. The van der Waals surface area contributed by atoms with Crippen molar-refractivity contribution in [3.05, 3.63) is 35.9 Å². The Kier molecular flexibility index (Phi) is 5.56. The summed E-state index contributed by atoms with van der Waals surface area (Å²) < 4.78 is 0. The second-order valence-electron chi connectivity index (χ2n) is 5.56. The van der Waals surface area contributed by atoms with E-state index in [4.69, 9.17) is 5.73 Å². The number of hydrogen-bond acceptors (Lipinski definition) is 3. The summed E-state index contributed by atoms with van der Waals surface area (Å²) in [6.07, 6.45) is 2.56. The van der Waals surface area contributed by atoms with E-state index in [0.717, 1.165) is 25.2 Å². The van der Waals surface area contributed by atoms with Gasteiger partial charge < -0.3 is 16.0 Å². The Morgan fingerprint density at radius 1 is 1.30 bits per heavy atom. The first-order valence-electron chi connectivity index (χ1n) is 7.49. The molecule has 0 spiro atoms. The number of amides is 1. The quantitative estimate of drug-likeness (QED) is 0.828. The maximum atomic E-state index is 12.1. The first kappa shape index (κ1) is 15.0. The van der Waals surface area contributed by atoms with Crippen molar-refractivity contribution in [2.75, 3.05) is 26.2 Å². The molecule has 1 saturated heterocycles. The van der Waals surface area contributed by atoms with E-state index in [1.807, 2.05) is 37.3 Å². The smallest absolute Gasteiger partial charge is 0.224 e. The molecule has 1 aromatic carbocycles. The van der Waals surface area contributed by atoms with Crippen LogP contribution in [0.5, 0.6) is 0 Å². The number of nitrogens with zero attached hydrogens (tertiary/aromatic N) is 1. The van der Waals surface area contributed by atoms with Gasteiger partial charge in [-0.15, -0.1) is 0 Å². The summed E-state index contributed by atoms with van der Waals surface area (Å²) in [4.78, 5) is 14.5. The molecule has 3 N–H and O–H groups in total. The van der Waals surface area contributed by atoms with Gasteiger partial charge in [-0.2, -0.15) is 0 Å². The third-order valence-corrected chi connectivity index (χ3v) is 4.06. The molecule has 4 heteroatoms. The lowest BCUT2D eigenvalue weighted by Gasteiger charge is -2.21. The van der Waals surface area contributed by atoms with Crippen LogP contribution in [0.4, 0.5) is 0 Å². The number of benzene rings is 1. The van der Waals surface area contributed by atoms with Gasteiger partial charge in [-0.1, -0.05) is 37.3 Å². The fraction of sp³-hybridized carbons (Fsp3) is 0.562. The van der Waals surface area contributed by atoms with Crippen molar-refractivity contribution in [3.63, 3.8) is 0 Å². The molecule has 0 bridgehead atoms. The van der Waals surface area contributed by atoms with Gasteiger partial charge in [0.2, 0.25) is 5.91 Å². The van der Waals surface area contributed by atoms with Crippen molar-refractivity contribution in [2.24, 2.45) is 11.7 Å². The lowest BCUT2D eigenvalue weighted by atomic mass is 9.95. The molecule has 1 aliphatic heterocycles. The molecule has 0 aliphatic carbocycles. The van der Waals surface area contributed by atoms with Gasteiger partial charge in [0.25, 0.3) is 0 Å². The van der Waals surface area contributed by atoms with Gasteiger partial charge in [0.1, 0.15) is 0 Å². The molecule has 2 rings (SSSR count). The zero-order valence-corrected chi connectivity index (χ0v) is 12.2. The largest absolute Gasteiger partial charge is 0.355 e. The Labute approximate surface area is 121 Å². The van der Waals surface area contributed by atoms with Crippen LogP contribution in [0, 0.1) is 5.92 Å². The highest BCUT2D eigenvalue weighted by Gasteiger charge is 2.22. The number of carbonyl (C=O) groups is 1. The zero-order chi connectivity index (χ0) is 14.4. The van der Waals surface area contributed by atoms with Crippen LogP contribution in [-0.2, 0) is 4.79 Å². The van der Waals surface area contributed by atoms with E-state index in [1.165, 1.54) is 12.8 Å². The van der Waals surface area contributed by atoms with E-state index in [2.05, 4.69) is 10.2 Å². The molecule has 0 aromatic heterocycles. The maximum absolute atomic E-state index is 12.1. The van der Waals surface area contributed by atoms with Crippen LogP contribution in [0.15, 0.2) is 30.3 Å². The van der Waals surface area contributed by atoms with Gasteiger partial charge in [0.05, 0.1) is 5.92 Å². The van der Waals surface area contributed by atoms with E-state index < -0.39 is 0 Å². The number of carbonyl (C=O) groups excluding carboxylic acids is 1. The molecular formula is C16H25N3O. The van der Waals surface area contributed by atoms with Gasteiger partial charge in [-0.25, -0.2) is 0 Å². The number of hydrogen-bond donors (Lipinski definition) is 2. The summed E-state index contributed by atoms with van der Waals surface area (Å²) in [5.74, 6) is -0.170. The van der Waals surface area contributed by atoms with E-state index >= 15 is 0 Å². The summed E-state index contributed by atoms with van der Waals surface area (Å²) in [6, 6.07) is 9.55. The number of rotatable bonds is 6. The SMILES string of the molecule is CC(C(=O)NCCN1CCCC1)C(N)c1ccccc1. The molecule has 1 aliphatic rings. The Morgan fingerprint density at radius 2 is 1.95 bits per heavy atom. The van der Waals surface area contributed by atoms with Crippen LogP contribution in [-0.4, -0.2) is 37.0 Å². The molecule has 110 valence electrons. The molecular weight excluding hydrogens is 250 g/mol. The lowest BCUT2D eigenvalue weighted by Crippen LogP contribution is -2.39. The van der Waals surface area contributed by atoms with Gasteiger partial charge in [0, 0.05) is 19.1 Å². The van der Waals surface area contributed by atoms with Gasteiger partial charge >= 0.3 is 0 Å². The highest BCUT2D eigenvalue weighted by molar-refractivity contribution is 5.79. The van der Waals surface area contributed by atoms with E-state index in [0.29, 0.717) is 6.54 Å². The Balaban J connectivity index is 1.76. The van der Waals surface area contributed by atoms with Crippen molar-refractivity contribution in [1.29, 1.82) is 0 Å². The average molecular weight is 275 g/mol. The highest BCUT2D eigenvalue weighted by atomic mass is 16.1. The van der Waals surface area contributed by atoms with Crippen LogP contribution in [0.2, 0.25) is 0 Å². The minimum atomic E-state index is -0.247. The molecule has 1 heterocycles. The summed E-state index contributed by atoms with van der Waals surface area (Å²) in [7, 11) is 0. The molecule has 2 atom stereocenters. The summed E-state index contributed by atoms with van der Waals surface area (Å²) >= 11 is 0. The monoisotopic (exact) mass is 275 g/mol. The minimum absolute atomic E-state index is 0.0422. The standard InChI is InChI=1S/C16H25N3O/c1-13(15(17)14-7-3-2-4-8-14)16(20)18-9-12-19-10-5-6-11-19/h2-4,7-8,13,15H,5-6,9-12,17H2,1H3,(H,18,20). The van der Waals surface area contributed by atoms with Crippen molar-refractivity contribution in [1.82, 2.24) is 10.2 Å². The minimum Gasteiger partial charge on any atom is -0.355 e. The number of nitrogens with one attached hydrogen (secondary N) is 1. The fourth-order valence-electron chi connectivity index (χ4n) is 2.63. The Morgan fingerprint density at radius 3 is 2.60 bits per heavy atom. The summed E-state index contributed by atoms with van der Waals surface area (Å²) in [5, 5.41) is 3.00. The van der Waals surface area contributed by atoms with Crippen LogP contribution in [0.25, 0.3) is 0 Å². The third kappa shape index (κ3) is 4.05. The van der Waals surface area contributed by atoms with E-state index in [9.17, 15) is 4.79 Å². The first-order chi connectivity index (χ1) is 9.68. The molecule has 20 heavy (non-hydrogen) atoms. The van der Waals surface area contributed by atoms with Gasteiger partial charge in [0.15, 0.2) is 0 Å². The molecule has 1 amide bonds. The lowest BCUT2D eigenvalue weighted by molar-refractivity contribution is -0.125. The van der Waals surface area contributed by atoms with Crippen LogP contribution in [0.3, 0.4) is 0 Å². The van der Waals surface area contributed by atoms with Crippen molar-refractivity contribution < 1.29 is 4.79 Å². The average Bonchev–Trinajstić information content (AvgIpc) is 2.99. The molecule has 1 fully saturated rings. The number of likely N-dealkylation sites (tertiary alicyclic amines) is 1. The van der Waals surface area contributed by atoms with E-state index in [1.54, 1.807) is 0 Å². The summed E-state index contributed by atoms with van der Waals surface area (Å²) in [6.45, 7) is 5.87. The first-order valence-corrected chi connectivity index (χ1v) is 7.49. The third-order valence-electron chi connectivity index (χ3n) is 4.06. The zero-order valence-electron chi connectivity index (χ0n) is 12.2. The summed E-state index contributed by atoms with van der Waals surface area (Å²) in [5.41, 5.74) is 7.17. The molecule has 2 unspecified atom stereocenters. The Bertz CT molecular complexity index is 415. The van der Waals surface area contributed by atoms with Crippen molar-refractivity contribution >= 4 is 5.91 Å². The number of nitrogens with two attached hydrogens (primary N) is 1. The molecule has 0 radical (unpaired) electrons. The maximum Gasteiger partial charge on any atom is 0.224 e. The normalized spacial score (nSPS) is 18.7. The van der Waals surface area contributed by atoms with Crippen LogP contribution in [0.1, 0.15) is 31.4 Å². The fourth-order valence-corrected chi connectivity index (χ4v) is 2.63.